The van der Waals surface area contributed by atoms with Gasteiger partial charge in [0, 0.05) is 30.5 Å². The molecule has 0 aliphatic carbocycles. The minimum absolute atomic E-state index is 0.0390. The topological polar surface area (TPSA) is 43.8 Å². The van der Waals surface area contributed by atoms with Gasteiger partial charge in [-0.2, -0.15) is 0 Å². The van der Waals surface area contributed by atoms with Crippen LogP contribution < -0.4 is 5.73 Å². The van der Waals surface area contributed by atoms with Crippen molar-refractivity contribution >= 4 is 0 Å². The lowest BCUT2D eigenvalue weighted by molar-refractivity contribution is 0.579. The van der Waals surface area contributed by atoms with Gasteiger partial charge in [-0.25, -0.2) is 4.98 Å². The van der Waals surface area contributed by atoms with E-state index in [0.29, 0.717) is 0 Å². The Kier molecular flexibility index (Phi) is 3.84. The van der Waals surface area contributed by atoms with Gasteiger partial charge < -0.3 is 10.3 Å². The highest BCUT2D eigenvalue weighted by atomic mass is 15.1. The van der Waals surface area contributed by atoms with Crippen molar-refractivity contribution < 1.29 is 0 Å². The highest BCUT2D eigenvalue weighted by Crippen LogP contribution is 2.21. The number of nitrogens with zero attached hydrogens (tertiary/aromatic N) is 2. The van der Waals surface area contributed by atoms with Gasteiger partial charge in [0.05, 0.1) is 0 Å². The van der Waals surface area contributed by atoms with Crippen LogP contribution >= 0.6 is 0 Å². The van der Waals surface area contributed by atoms with Gasteiger partial charge in [-0.3, -0.25) is 0 Å². The number of imidazole rings is 1. The van der Waals surface area contributed by atoms with Crippen LogP contribution in [0.1, 0.15) is 17.2 Å². The Morgan fingerprint density at radius 3 is 2.52 bits per heavy atom. The molecule has 0 spiro atoms. The van der Waals surface area contributed by atoms with Crippen LogP contribution in [-0.2, 0) is 6.54 Å². The third-order valence-corrected chi connectivity index (χ3v) is 3.73. The third-order valence-electron chi connectivity index (χ3n) is 3.73. The average Bonchev–Trinajstić information content (AvgIpc) is 2.96. The summed E-state index contributed by atoms with van der Waals surface area (Å²) in [5.74, 6) is 0.958. The minimum Gasteiger partial charge on any atom is -0.329 e. The smallest absolute Gasteiger partial charge is 0.139 e. The Balaban J connectivity index is 1.87. The Hall–Kier alpha value is -2.39. The second kappa shape index (κ2) is 5.94. The van der Waals surface area contributed by atoms with Crippen LogP contribution in [0.25, 0.3) is 11.4 Å². The van der Waals surface area contributed by atoms with Crippen molar-refractivity contribution in [2.75, 3.05) is 0 Å². The zero-order valence-electron chi connectivity index (χ0n) is 12.1. The molecular weight excluding hydrogens is 258 g/mol. The number of nitrogens with two attached hydrogens (primary N) is 1. The van der Waals surface area contributed by atoms with E-state index in [2.05, 4.69) is 40.7 Å². The summed E-state index contributed by atoms with van der Waals surface area (Å²) in [6.45, 7) is 2.82. The van der Waals surface area contributed by atoms with Gasteiger partial charge >= 0.3 is 0 Å². The highest BCUT2D eigenvalue weighted by Gasteiger charge is 2.12. The summed E-state index contributed by atoms with van der Waals surface area (Å²) in [4.78, 5) is 4.46. The molecule has 0 bridgehead atoms. The summed E-state index contributed by atoms with van der Waals surface area (Å²) in [6.07, 6.45) is 3.81. The number of aryl methyl sites for hydroxylation is 1. The van der Waals surface area contributed by atoms with Gasteiger partial charge in [0.15, 0.2) is 0 Å². The van der Waals surface area contributed by atoms with E-state index in [1.807, 2.05) is 42.7 Å². The van der Waals surface area contributed by atoms with Crippen molar-refractivity contribution in [1.29, 1.82) is 0 Å². The molecule has 1 heterocycles. The predicted octanol–water partition coefficient (Wildman–Crippen LogP) is 3.56. The quantitative estimate of drug-likeness (QED) is 0.792. The van der Waals surface area contributed by atoms with Crippen LogP contribution in [0.5, 0.6) is 0 Å². The fourth-order valence-corrected chi connectivity index (χ4v) is 2.62. The molecule has 1 atom stereocenters. The molecule has 0 radical (unpaired) electrons. The zero-order valence-corrected chi connectivity index (χ0v) is 12.1. The minimum atomic E-state index is -0.0390. The number of hydrogen-bond acceptors (Lipinski definition) is 2. The molecule has 0 aliphatic heterocycles. The summed E-state index contributed by atoms with van der Waals surface area (Å²) in [6, 6.07) is 18.4. The lowest BCUT2D eigenvalue weighted by Gasteiger charge is -2.17. The predicted molar refractivity (Wildman–Crippen MR) is 85.8 cm³/mol. The second-order valence-corrected chi connectivity index (χ2v) is 5.23. The van der Waals surface area contributed by atoms with Crippen molar-refractivity contribution in [2.45, 2.75) is 19.5 Å². The van der Waals surface area contributed by atoms with E-state index in [1.54, 1.807) is 0 Å². The lowest BCUT2D eigenvalue weighted by Crippen LogP contribution is -2.18. The van der Waals surface area contributed by atoms with E-state index in [0.717, 1.165) is 17.9 Å². The first-order valence-corrected chi connectivity index (χ1v) is 7.13. The van der Waals surface area contributed by atoms with E-state index in [-0.39, 0.29) is 6.04 Å². The molecule has 0 fully saturated rings. The largest absolute Gasteiger partial charge is 0.329 e. The van der Waals surface area contributed by atoms with Crippen LogP contribution in [0.4, 0.5) is 0 Å². The molecule has 1 aromatic heterocycles. The molecule has 3 aromatic rings. The maximum Gasteiger partial charge on any atom is 0.139 e. The summed E-state index contributed by atoms with van der Waals surface area (Å²) < 4.78 is 2.12. The Morgan fingerprint density at radius 1 is 1.05 bits per heavy atom. The molecule has 0 saturated heterocycles. The summed E-state index contributed by atoms with van der Waals surface area (Å²) in [7, 11) is 0. The summed E-state index contributed by atoms with van der Waals surface area (Å²) in [5, 5.41) is 0. The SMILES string of the molecule is Cc1ccccc1C(N)Cn1ccnc1-c1ccccc1. The monoisotopic (exact) mass is 277 g/mol. The second-order valence-electron chi connectivity index (χ2n) is 5.23. The molecule has 1 unspecified atom stereocenters. The molecule has 3 heteroatoms. The first-order valence-electron chi connectivity index (χ1n) is 7.13. The number of benzene rings is 2. The van der Waals surface area contributed by atoms with E-state index in [9.17, 15) is 0 Å². The molecule has 2 aromatic carbocycles. The maximum atomic E-state index is 6.39. The van der Waals surface area contributed by atoms with Gasteiger partial charge in [-0.1, -0.05) is 54.6 Å². The molecule has 0 aliphatic rings. The molecule has 3 nitrogen and oxygen atoms in total. The molecular formula is C18H19N3. The zero-order chi connectivity index (χ0) is 14.7. The van der Waals surface area contributed by atoms with Crippen molar-refractivity contribution in [3.63, 3.8) is 0 Å². The fourth-order valence-electron chi connectivity index (χ4n) is 2.62. The maximum absolute atomic E-state index is 6.39. The number of rotatable bonds is 4. The average molecular weight is 277 g/mol. The number of hydrogen-bond donors (Lipinski definition) is 1. The van der Waals surface area contributed by atoms with E-state index < -0.39 is 0 Å². The standard InChI is InChI=1S/C18H19N3/c1-14-7-5-6-10-16(14)17(19)13-21-12-11-20-18(21)15-8-3-2-4-9-15/h2-12,17H,13,19H2,1H3. The van der Waals surface area contributed by atoms with Gasteiger partial charge in [-0.15, -0.1) is 0 Å². The van der Waals surface area contributed by atoms with E-state index in [4.69, 9.17) is 5.73 Å². The first kappa shape index (κ1) is 13.6. The molecule has 0 saturated carbocycles. The third kappa shape index (κ3) is 2.88. The van der Waals surface area contributed by atoms with Gasteiger partial charge in [-0.05, 0) is 18.1 Å². The van der Waals surface area contributed by atoms with Crippen molar-refractivity contribution in [3.8, 4) is 11.4 Å². The van der Waals surface area contributed by atoms with E-state index >= 15 is 0 Å². The van der Waals surface area contributed by atoms with Crippen LogP contribution in [0.2, 0.25) is 0 Å². The van der Waals surface area contributed by atoms with Crippen molar-refractivity contribution in [2.24, 2.45) is 5.73 Å². The van der Waals surface area contributed by atoms with E-state index in [1.165, 1.54) is 11.1 Å². The normalized spacial score (nSPS) is 12.3. The molecule has 0 amide bonds. The first-order chi connectivity index (χ1) is 10.3. The Morgan fingerprint density at radius 2 is 1.76 bits per heavy atom. The van der Waals surface area contributed by atoms with Crippen molar-refractivity contribution in [3.05, 3.63) is 78.1 Å². The van der Waals surface area contributed by atoms with Crippen LogP contribution in [0.3, 0.4) is 0 Å². The summed E-state index contributed by atoms with van der Waals surface area (Å²) in [5.41, 5.74) is 9.91. The lowest BCUT2D eigenvalue weighted by atomic mass is 10.0. The fraction of sp³-hybridized carbons (Fsp3) is 0.167. The molecule has 106 valence electrons. The Bertz CT molecular complexity index is 716. The van der Waals surface area contributed by atoms with Crippen molar-refractivity contribution in [1.82, 2.24) is 9.55 Å². The molecule has 3 rings (SSSR count). The molecule has 2 N–H and O–H groups in total. The van der Waals surface area contributed by atoms with Gasteiger partial charge in [0.1, 0.15) is 5.82 Å². The highest BCUT2D eigenvalue weighted by molar-refractivity contribution is 5.55. The summed E-state index contributed by atoms with van der Waals surface area (Å²) >= 11 is 0. The van der Waals surface area contributed by atoms with Gasteiger partial charge in [0.2, 0.25) is 0 Å². The Labute approximate surface area is 125 Å². The molecule has 21 heavy (non-hydrogen) atoms. The van der Waals surface area contributed by atoms with Crippen LogP contribution in [0.15, 0.2) is 67.0 Å². The number of aromatic nitrogens is 2. The van der Waals surface area contributed by atoms with Gasteiger partial charge in [0.25, 0.3) is 0 Å². The van der Waals surface area contributed by atoms with Crippen LogP contribution in [-0.4, -0.2) is 9.55 Å². The van der Waals surface area contributed by atoms with Crippen LogP contribution in [0, 0.1) is 6.92 Å².